The van der Waals surface area contributed by atoms with Crippen molar-refractivity contribution in [2.75, 3.05) is 4.43 Å². The summed E-state index contributed by atoms with van der Waals surface area (Å²) in [6, 6.07) is 3.31. The standard InChI is InChI=1S/C11H13INO2/c1-2-12-5-9-3-8(6-13)4-10(7-14)11(9)15/h3-4,6-7,13,15H,2,5H2,1H3/q-1. The fourth-order valence-electron chi connectivity index (χ4n) is 1.22. The van der Waals surface area contributed by atoms with E-state index < -0.39 is 0 Å². The molecule has 2 N–H and O–H groups in total. The van der Waals surface area contributed by atoms with Crippen molar-refractivity contribution in [3.05, 3.63) is 28.8 Å². The summed E-state index contributed by atoms with van der Waals surface area (Å²) >= 11 is 0.0454. The number of hydrogen-bond donors (Lipinski definition) is 2. The average Bonchev–Trinajstić information content (AvgIpc) is 2.27. The molecular formula is C11H13INO2-. The number of aldehydes is 1. The molecule has 0 spiro atoms. The van der Waals surface area contributed by atoms with Gasteiger partial charge in [-0.2, -0.15) is 0 Å². The Labute approximate surface area is 99.3 Å². The Morgan fingerprint density at radius 1 is 1.53 bits per heavy atom. The van der Waals surface area contributed by atoms with E-state index in [9.17, 15) is 9.90 Å². The number of aromatic hydroxyl groups is 1. The zero-order chi connectivity index (χ0) is 11.3. The predicted octanol–water partition coefficient (Wildman–Crippen LogP) is -1.19. The van der Waals surface area contributed by atoms with Gasteiger partial charge in [0, 0.05) is 0 Å². The number of carbonyl (C=O) groups excluding carboxylic acids is 1. The summed E-state index contributed by atoms with van der Waals surface area (Å²) in [7, 11) is 0. The van der Waals surface area contributed by atoms with Gasteiger partial charge >= 0.3 is 99.4 Å². The van der Waals surface area contributed by atoms with Crippen LogP contribution in [0.4, 0.5) is 0 Å². The maximum absolute atomic E-state index is 10.7. The van der Waals surface area contributed by atoms with Crippen LogP contribution >= 0.6 is 0 Å². The Kier molecular flexibility index (Phi) is 4.74. The minimum absolute atomic E-state index is 0.0454. The Morgan fingerprint density at radius 3 is 2.80 bits per heavy atom. The van der Waals surface area contributed by atoms with Gasteiger partial charge in [0.2, 0.25) is 0 Å². The van der Waals surface area contributed by atoms with Crippen molar-refractivity contribution < 1.29 is 31.1 Å². The first-order valence-electron chi connectivity index (χ1n) is 4.58. The van der Waals surface area contributed by atoms with Crippen molar-refractivity contribution in [3.8, 4) is 5.75 Å². The Bertz CT molecular complexity index is 377. The molecule has 0 saturated carbocycles. The quantitative estimate of drug-likeness (QED) is 0.310. The second-order valence-electron chi connectivity index (χ2n) is 2.97. The molecule has 0 radical (unpaired) electrons. The number of benzene rings is 1. The van der Waals surface area contributed by atoms with Crippen molar-refractivity contribution in [2.45, 2.75) is 11.4 Å². The molecule has 3 nitrogen and oxygen atoms in total. The van der Waals surface area contributed by atoms with Crippen molar-refractivity contribution in [2.24, 2.45) is 0 Å². The van der Waals surface area contributed by atoms with E-state index in [-0.39, 0.29) is 32.5 Å². The number of rotatable bonds is 5. The predicted molar refractivity (Wildman–Crippen MR) is 55.6 cm³/mol. The van der Waals surface area contributed by atoms with Crippen LogP contribution in [0.3, 0.4) is 0 Å². The van der Waals surface area contributed by atoms with Gasteiger partial charge in [0.25, 0.3) is 0 Å². The molecule has 0 heterocycles. The third-order valence-electron chi connectivity index (χ3n) is 1.96. The first-order valence-corrected chi connectivity index (χ1v) is 7.63. The summed E-state index contributed by atoms with van der Waals surface area (Å²) in [6.07, 6.45) is 1.83. The van der Waals surface area contributed by atoms with Crippen LogP contribution in [-0.2, 0) is 4.43 Å². The SMILES string of the molecule is CC[I-]Cc1cc(C=N)cc(C=O)c1O. The van der Waals surface area contributed by atoms with Gasteiger partial charge in [-0.3, -0.25) is 0 Å². The molecule has 1 rings (SSSR count). The molecular weight excluding hydrogens is 305 g/mol. The molecule has 0 amide bonds. The average molecular weight is 318 g/mol. The van der Waals surface area contributed by atoms with Gasteiger partial charge in [-0.05, 0) is 0 Å². The number of alkyl halides is 2. The van der Waals surface area contributed by atoms with Gasteiger partial charge in [-0.1, -0.05) is 0 Å². The Hall–Kier alpha value is -0.910. The summed E-state index contributed by atoms with van der Waals surface area (Å²) in [5.74, 6) is 0.0868. The second-order valence-corrected chi connectivity index (χ2v) is 6.34. The summed E-state index contributed by atoms with van der Waals surface area (Å²) in [5.41, 5.74) is 1.75. The monoisotopic (exact) mass is 318 g/mol. The molecule has 0 aliphatic rings. The summed E-state index contributed by atoms with van der Waals surface area (Å²) in [6.45, 7) is 2.12. The Balaban J connectivity index is 3.11. The van der Waals surface area contributed by atoms with Crippen molar-refractivity contribution in [1.29, 1.82) is 5.41 Å². The molecule has 0 bridgehead atoms. The number of halogens is 1. The van der Waals surface area contributed by atoms with E-state index in [1.165, 1.54) is 12.3 Å². The van der Waals surface area contributed by atoms with E-state index in [1.54, 1.807) is 6.07 Å². The first kappa shape index (κ1) is 12.2. The molecule has 1 aromatic rings. The van der Waals surface area contributed by atoms with Crippen molar-refractivity contribution in [1.82, 2.24) is 0 Å². The fourth-order valence-corrected chi connectivity index (χ4v) is 2.92. The summed E-state index contributed by atoms with van der Waals surface area (Å²) in [4.78, 5) is 10.7. The molecule has 0 unspecified atom stereocenters. The fraction of sp³-hybridized carbons (Fsp3) is 0.273. The molecule has 1 aromatic carbocycles. The zero-order valence-corrected chi connectivity index (χ0v) is 10.6. The number of phenolic OH excluding ortho intramolecular Hbond substituents is 1. The molecule has 0 aliphatic heterocycles. The first-order chi connectivity index (χ1) is 7.22. The third kappa shape index (κ3) is 3.02. The molecule has 0 aliphatic carbocycles. The van der Waals surface area contributed by atoms with E-state index >= 15 is 0 Å². The number of hydrogen-bond acceptors (Lipinski definition) is 3. The van der Waals surface area contributed by atoms with Gasteiger partial charge in [0.15, 0.2) is 0 Å². The second kappa shape index (κ2) is 5.85. The molecule has 0 fully saturated rings. The zero-order valence-electron chi connectivity index (χ0n) is 8.46. The van der Waals surface area contributed by atoms with Crippen LogP contribution < -0.4 is 21.2 Å². The van der Waals surface area contributed by atoms with Gasteiger partial charge in [-0.15, -0.1) is 0 Å². The van der Waals surface area contributed by atoms with Crippen LogP contribution in [0.5, 0.6) is 5.75 Å². The molecule has 0 atom stereocenters. The normalized spacial score (nSPS) is 10.2. The van der Waals surface area contributed by atoms with Gasteiger partial charge in [-0.25, -0.2) is 0 Å². The van der Waals surface area contributed by atoms with Crippen LogP contribution in [0.1, 0.15) is 28.4 Å². The van der Waals surface area contributed by atoms with Crippen LogP contribution in [0.15, 0.2) is 12.1 Å². The van der Waals surface area contributed by atoms with E-state index in [0.717, 1.165) is 14.4 Å². The van der Waals surface area contributed by atoms with Crippen LogP contribution in [0, 0.1) is 5.41 Å². The third-order valence-corrected chi connectivity index (χ3v) is 4.40. The van der Waals surface area contributed by atoms with Crippen molar-refractivity contribution >= 4 is 12.5 Å². The van der Waals surface area contributed by atoms with Crippen molar-refractivity contribution in [3.63, 3.8) is 0 Å². The maximum atomic E-state index is 10.7. The molecule has 4 heteroatoms. The number of carbonyl (C=O) groups is 1. The Morgan fingerprint density at radius 2 is 2.27 bits per heavy atom. The van der Waals surface area contributed by atoms with Crippen LogP contribution in [0.25, 0.3) is 0 Å². The number of nitrogens with one attached hydrogen (secondary N) is 1. The van der Waals surface area contributed by atoms with Crippen LogP contribution in [-0.4, -0.2) is 22.0 Å². The van der Waals surface area contributed by atoms with Gasteiger partial charge in [0.05, 0.1) is 0 Å². The molecule has 15 heavy (non-hydrogen) atoms. The minimum atomic E-state index is 0.0454. The van der Waals surface area contributed by atoms with E-state index in [4.69, 9.17) is 5.41 Å². The summed E-state index contributed by atoms with van der Waals surface area (Å²) < 4.78 is 1.99. The topological polar surface area (TPSA) is 61.2 Å². The van der Waals surface area contributed by atoms with E-state index in [0.29, 0.717) is 11.8 Å². The van der Waals surface area contributed by atoms with Gasteiger partial charge in [0.1, 0.15) is 0 Å². The van der Waals surface area contributed by atoms with Gasteiger partial charge < -0.3 is 0 Å². The van der Waals surface area contributed by atoms with E-state index in [1.807, 2.05) is 0 Å². The molecule has 0 saturated heterocycles. The molecule has 0 aromatic heterocycles. The summed E-state index contributed by atoms with van der Waals surface area (Å²) in [5, 5.41) is 16.9. The number of phenols is 1. The molecule has 82 valence electrons. The van der Waals surface area contributed by atoms with E-state index in [2.05, 4.69) is 6.92 Å². The van der Waals surface area contributed by atoms with Crippen LogP contribution in [0.2, 0.25) is 0 Å².